The van der Waals surface area contributed by atoms with Crippen molar-refractivity contribution in [3.63, 3.8) is 0 Å². The summed E-state index contributed by atoms with van der Waals surface area (Å²) >= 11 is 0. The molecule has 0 N–H and O–H groups in total. The van der Waals surface area contributed by atoms with Crippen LogP contribution in [0.1, 0.15) is 0 Å². The van der Waals surface area contributed by atoms with Gasteiger partial charge in [0, 0.05) is 24.8 Å². The molecule has 0 aliphatic heterocycles. The summed E-state index contributed by atoms with van der Waals surface area (Å²) in [5.41, 5.74) is 3.93. The zero-order valence-corrected chi connectivity index (χ0v) is 20.4. The summed E-state index contributed by atoms with van der Waals surface area (Å²) in [5, 5.41) is 29.5. The SMILES string of the molecule is O=[N+]([O-])[O-].O=[N+]([O-])[O-].[Cu+2].c1cnc(-n2cnc3ccccc32)nc1.c1cnc(-n2cnc3ccccc32)nc1. The Balaban J connectivity index is 0.000000212. The summed E-state index contributed by atoms with van der Waals surface area (Å²) in [6.45, 7) is 0. The van der Waals surface area contributed by atoms with E-state index < -0.39 is 10.2 Å². The topological polar surface area (TPSA) is 220 Å². The van der Waals surface area contributed by atoms with Crippen molar-refractivity contribution in [1.29, 1.82) is 0 Å². The van der Waals surface area contributed by atoms with Crippen LogP contribution in [-0.2, 0) is 17.1 Å². The van der Waals surface area contributed by atoms with Crippen LogP contribution in [0.4, 0.5) is 0 Å². The number of para-hydroxylation sites is 4. The van der Waals surface area contributed by atoms with Crippen LogP contribution in [0.15, 0.2) is 98.1 Å². The first-order valence-corrected chi connectivity index (χ1v) is 10.4. The second-order valence-electron chi connectivity index (χ2n) is 6.75. The number of hydrogen-bond donors (Lipinski definition) is 0. The molecular formula is C22H16CuN10O6. The summed E-state index contributed by atoms with van der Waals surface area (Å²) in [7, 11) is 0. The molecular weight excluding hydrogens is 564 g/mol. The molecule has 0 aliphatic carbocycles. The van der Waals surface area contributed by atoms with Gasteiger partial charge in [0.25, 0.3) is 0 Å². The van der Waals surface area contributed by atoms with Crippen LogP contribution in [0.2, 0.25) is 0 Å². The number of aromatic nitrogens is 8. The average molecular weight is 580 g/mol. The van der Waals surface area contributed by atoms with E-state index in [1.165, 1.54) is 0 Å². The standard InChI is InChI=1S/2C11H8N4.Cu.2NO3/c2*1-2-5-10-9(4-1)14-8-15(10)11-12-6-3-7-13-11;;2*2-1(3)4/h2*1-8H;;;/q;;+2;2*-1. The van der Waals surface area contributed by atoms with Gasteiger partial charge in [-0.15, -0.1) is 0 Å². The van der Waals surface area contributed by atoms with Gasteiger partial charge < -0.3 is 30.6 Å². The van der Waals surface area contributed by atoms with Crippen molar-refractivity contribution in [1.82, 2.24) is 39.0 Å². The molecule has 201 valence electrons. The van der Waals surface area contributed by atoms with Gasteiger partial charge in [-0.05, 0) is 36.4 Å². The van der Waals surface area contributed by atoms with Gasteiger partial charge in [-0.2, -0.15) is 0 Å². The van der Waals surface area contributed by atoms with Crippen LogP contribution >= 0.6 is 0 Å². The molecule has 39 heavy (non-hydrogen) atoms. The molecule has 0 atom stereocenters. The summed E-state index contributed by atoms with van der Waals surface area (Å²) in [6, 6.07) is 19.4. The van der Waals surface area contributed by atoms with Gasteiger partial charge in [-0.1, -0.05) is 24.3 Å². The minimum Gasteiger partial charge on any atom is -0.356 e. The second-order valence-corrected chi connectivity index (χ2v) is 6.75. The number of nitrogens with zero attached hydrogens (tertiary/aromatic N) is 10. The Kier molecular flexibility index (Phi) is 11.3. The third-order valence-corrected chi connectivity index (χ3v) is 4.44. The first kappa shape index (κ1) is 29.7. The van der Waals surface area contributed by atoms with Gasteiger partial charge in [0.05, 0.1) is 32.2 Å². The van der Waals surface area contributed by atoms with E-state index in [2.05, 4.69) is 29.9 Å². The predicted octanol–water partition coefficient (Wildman–Crippen LogP) is 3.15. The maximum Gasteiger partial charge on any atom is 2.00 e. The van der Waals surface area contributed by atoms with Crippen LogP contribution in [-0.4, -0.2) is 49.2 Å². The Bertz CT molecular complexity index is 1490. The minimum absolute atomic E-state index is 0. The van der Waals surface area contributed by atoms with E-state index >= 15 is 0 Å². The summed E-state index contributed by atoms with van der Waals surface area (Å²) in [6.07, 6.45) is 10.3. The minimum atomic E-state index is -1.75. The van der Waals surface area contributed by atoms with Crippen molar-refractivity contribution in [3.8, 4) is 11.9 Å². The average Bonchev–Trinajstić information content (AvgIpc) is 3.54. The van der Waals surface area contributed by atoms with Gasteiger partial charge in [-0.25, -0.2) is 29.9 Å². The number of benzene rings is 2. The Labute approximate surface area is 229 Å². The normalized spacial score (nSPS) is 9.44. The van der Waals surface area contributed by atoms with Gasteiger partial charge in [0.15, 0.2) is 0 Å². The predicted molar refractivity (Wildman–Crippen MR) is 134 cm³/mol. The van der Waals surface area contributed by atoms with Crippen molar-refractivity contribution in [2.45, 2.75) is 0 Å². The van der Waals surface area contributed by atoms with E-state index in [-0.39, 0.29) is 17.1 Å². The van der Waals surface area contributed by atoms with E-state index in [0.29, 0.717) is 11.9 Å². The van der Waals surface area contributed by atoms with Crippen molar-refractivity contribution in [2.24, 2.45) is 0 Å². The van der Waals surface area contributed by atoms with Crippen LogP contribution in [0, 0.1) is 30.6 Å². The maximum atomic E-state index is 8.25. The Hall–Kier alpha value is -5.54. The third-order valence-electron chi connectivity index (χ3n) is 4.44. The number of fused-ring (bicyclic) bond motifs is 2. The smallest absolute Gasteiger partial charge is 0.356 e. The molecule has 2 aromatic carbocycles. The molecule has 0 unspecified atom stereocenters. The molecule has 16 nitrogen and oxygen atoms in total. The third kappa shape index (κ3) is 8.81. The van der Waals surface area contributed by atoms with E-state index in [1.807, 2.05) is 57.7 Å². The zero-order chi connectivity index (χ0) is 27.3. The molecule has 1 radical (unpaired) electrons. The Morgan fingerprint density at radius 1 is 0.513 bits per heavy atom. The number of imidazole rings is 2. The molecule has 0 saturated heterocycles. The van der Waals surface area contributed by atoms with Crippen molar-refractivity contribution >= 4 is 22.1 Å². The first-order valence-electron chi connectivity index (χ1n) is 10.4. The van der Waals surface area contributed by atoms with Crippen LogP contribution < -0.4 is 0 Å². The summed E-state index contributed by atoms with van der Waals surface area (Å²) < 4.78 is 3.74. The fourth-order valence-corrected chi connectivity index (χ4v) is 3.07. The first-order chi connectivity index (χ1) is 18.4. The number of hydrogen-bond acceptors (Lipinski definition) is 12. The molecule has 17 heteroatoms. The quantitative estimate of drug-likeness (QED) is 0.164. The second kappa shape index (κ2) is 14.9. The van der Waals surface area contributed by atoms with Crippen molar-refractivity contribution in [3.05, 3.63) is 129 Å². The maximum absolute atomic E-state index is 8.25. The van der Waals surface area contributed by atoms with Gasteiger partial charge >= 0.3 is 17.1 Å². The molecule has 4 heterocycles. The summed E-state index contributed by atoms with van der Waals surface area (Å²) in [4.78, 5) is 41.8. The largest absolute Gasteiger partial charge is 2.00 e. The molecule has 0 spiro atoms. The molecule has 0 saturated carbocycles. The molecule has 6 aromatic rings. The van der Waals surface area contributed by atoms with Crippen LogP contribution in [0.3, 0.4) is 0 Å². The van der Waals surface area contributed by atoms with Gasteiger partial charge in [0.1, 0.15) is 12.7 Å². The van der Waals surface area contributed by atoms with Gasteiger partial charge in [-0.3, -0.25) is 9.13 Å². The zero-order valence-electron chi connectivity index (χ0n) is 19.5. The molecule has 4 aromatic heterocycles. The van der Waals surface area contributed by atoms with Crippen LogP contribution in [0.25, 0.3) is 34.0 Å². The molecule has 0 bridgehead atoms. The van der Waals surface area contributed by atoms with Crippen molar-refractivity contribution < 1.29 is 27.2 Å². The molecule has 0 aliphatic rings. The fraction of sp³-hybridized carbons (Fsp3) is 0. The molecule has 6 rings (SSSR count). The summed E-state index contributed by atoms with van der Waals surface area (Å²) in [5.74, 6) is 1.29. The van der Waals surface area contributed by atoms with Gasteiger partial charge in [0.2, 0.25) is 11.9 Å². The Morgan fingerprint density at radius 3 is 1.15 bits per heavy atom. The monoisotopic (exact) mass is 579 g/mol. The molecule has 0 amide bonds. The van der Waals surface area contributed by atoms with E-state index in [0.717, 1.165) is 22.1 Å². The van der Waals surface area contributed by atoms with E-state index in [4.69, 9.17) is 30.6 Å². The van der Waals surface area contributed by atoms with Crippen LogP contribution in [0.5, 0.6) is 0 Å². The Morgan fingerprint density at radius 2 is 0.821 bits per heavy atom. The van der Waals surface area contributed by atoms with E-state index in [9.17, 15) is 0 Å². The van der Waals surface area contributed by atoms with E-state index in [1.54, 1.807) is 49.6 Å². The fourth-order valence-electron chi connectivity index (χ4n) is 3.07. The molecule has 0 fully saturated rings. The van der Waals surface area contributed by atoms with Crippen molar-refractivity contribution in [2.75, 3.05) is 0 Å². The number of rotatable bonds is 2.